The molecule has 1 heterocycles. The molecule has 4 aromatic rings. The standard InChI is InChI=1S/C26H25N3O2/c1-3-18(2)25-27-24(21-9-5-4-6-10-21)28-29(25)17-19-13-15-20(16-14-19)22-11-7-8-12-23(22)26(30)31/h4-16,18H,3,17H2,1-2H3,(H,30,31). The van der Waals surface area contributed by atoms with E-state index < -0.39 is 5.97 Å². The molecule has 0 amide bonds. The molecule has 0 aliphatic rings. The first-order valence-corrected chi connectivity index (χ1v) is 10.5. The number of carboxylic acids is 1. The molecule has 1 unspecified atom stereocenters. The first-order chi connectivity index (χ1) is 15.1. The Kier molecular flexibility index (Phi) is 5.94. The van der Waals surface area contributed by atoms with Crippen LogP contribution in [0.25, 0.3) is 22.5 Å². The van der Waals surface area contributed by atoms with Crippen LogP contribution in [0.15, 0.2) is 78.9 Å². The third-order valence-corrected chi connectivity index (χ3v) is 5.54. The van der Waals surface area contributed by atoms with Gasteiger partial charge in [-0.25, -0.2) is 14.5 Å². The fraction of sp³-hybridized carbons (Fsp3) is 0.192. The fourth-order valence-electron chi connectivity index (χ4n) is 3.61. The highest BCUT2D eigenvalue weighted by Gasteiger charge is 2.17. The predicted octanol–water partition coefficient (Wildman–Crippen LogP) is 5.87. The molecule has 0 saturated heterocycles. The van der Waals surface area contributed by atoms with Crippen molar-refractivity contribution in [3.8, 4) is 22.5 Å². The normalized spacial score (nSPS) is 11.9. The van der Waals surface area contributed by atoms with Crippen LogP contribution in [0.5, 0.6) is 0 Å². The minimum absolute atomic E-state index is 0.298. The summed E-state index contributed by atoms with van der Waals surface area (Å²) in [5, 5.41) is 14.3. The Labute approximate surface area is 182 Å². The Balaban J connectivity index is 1.64. The number of hydrogen-bond donors (Lipinski definition) is 1. The molecule has 0 aliphatic carbocycles. The maximum Gasteiger partial charge on any atom is 0.336 e. The highest BCUT2D eigenvalue weighted by atomic mass is 16.4. The van der Waals surface area contributed by atoms with Crippen molar-refractivity contribution in [1.29, 1.82) is 0 Å². The maximum atomic E-state index is 11.5. The molecule has 156 valence electrons. The summed E-state index contributed by atoms with van der Waals surface area (Å²) in [6.45, 7) is 4.93. The minimum atomic E-state index is -0.922. The third-order valence-electron chi connectivity index (χ3n) is 5.54. The summed E-state index contributed by atoms with van der Waals surface area (Å²) in [5.74, 6) is 1.09. The lowest BCUT2D eigenvalue weighted by Gasteiger charge is -2.11. The van der Waals surface area contributed by atoms with E-state index in [0.29, 0.717) is 23.6 Å². The van der Waals surface area contributed by atoms with E-state index in [1.807, 2.05) is 71.4 Å². The van der Waals surface area contributed by atoms with Crippen LogP contribution in [-0.2, 0) is 6.54 Å². The van der Waals surface area contributed by atoms with Crippen LogP contribution in [-0.4, -0.2) is 25.8 Å². The van der Waals surface area contributed by atoms with Crippen LogP contribution < -0.4 is 0 Å². The number of rotatable bonds is 7. The van der Waals surface area contributed by atoms with Gasteiger partial charge in [-0.05, 0) is 29.2 Å². The van der Waals surface area contributed by atoms with Crippen LogP contribution in [0.3, 0.4) is 0 Å². The number of aromatic nitrogens is 3. The molecule has 0 bridgehead atoms. The lowest BCUT2D eigenvalue weighted by atomic mass is 9.99. The Bertz CT molecular complexity index is 1180. The number of aromatic carboxylic acids is 1. The zero-order valence-corrected chi connectivity index (χ0v) is 17.7. The van der Waals surface area contributed by atoms with Crippen LogP contribution in [0.1, 0.15) is 47.9 Å². The third kappa shape index (κ3) is 4.40. The van der Waals surface area contributed by atoms with Gasteiger partial charge in [-0.15, -0.1) is 0 Å². The van der Waals surface area contributed by atoms with Gasteiger partial charge in [0.15, 0.2) is 5.82 Å². The average Bonchev–Trinajstić information content (AvgIpc) is 3.23. The summed E-state index contributed by atoms with van der Waals surface area (Å²) in [6.07, 6.45) is 0.984. The van der Waals surface area contributed by atoms with Gasteiger partial charge in [0.2, 0.25) is 0 Å². The molecule has 5 nitrogen and oxygen atoms in total. The van der Waals surface area contributed by atoms with Crippen molar-refractivity contribution in [2.45, 2.75) is 32.7 Å². The summed E-state index contributed by atoms with van der Waals surface area (Å²) >= 11 is 0. The molecule has 0 saturated carbocycles. The van der Waals surface area contributed by atoms with E-state index in [1.165, 1.54) is 0 Å². The maximum absolute atomic E-state index is 11.5. The molecule has 0 radical (unpaired) electrons. The van der Waals surface area contributed by atoms with Gasteiger partial charge in [0.1, 0.15) is 5.82 Å². The second-order valence-electron chi connectivity index (χ2n) is 7.67. The van der Waals surface area contributed by atoms with Gasteiger partial charge in [0, 0.05) is 11.5 Å². The topological polar surface area (TPSA) is 68.0 Å². The van der Waals surface area contributed by atoms with Crippen molar-refractivity contribution in [1.82, 2.24) is 14.8 Å². The van der Waals surface area contributed by atoms with Gasteiger partial charge >= 0.3 is 5.97 Å². The fourth-order valence-corrected chi connectivity index (χ4v) is 3.61. The molecule has 1 N–H and O–H groups in total. The Morgan fingerprint density at radius 1 is 0.935 bits per heavy atom. The van der Waals surface area contributed by atoms with E-state index in [-0.39, 0.29) is 0 Å². The van der Waals surface area contributed by atoms with Crippen molar-refractivity contribution in [2.75, 3.05) is 0 Å². The summed E-state index contributed by atoms with van der Waals surface area (Å²) in [6, 6.07) is 25.1. The van der Waals surface area contributed by atoms with Gasteiger partial charge < -0.3 is 5.11 Å². The van der Waals surface area contributed by atoms with E-state index in [0.717, 1.165) is 34.8 Å². The quantitative estimate of drug-likeness (QED) is 0.413. The lowest BCUT2D eigenvalue weighted by Crippen LogP contribution is -2.09. The molecule has 31 heavy (non-hydrogen) atoms. The van der Waals surface area contributed by atoms with Crippen molar-refractivity contribution in [3.63, 3.8) is 0 Å². The summed E-state index contributed by atoms with van der Waals surface area (Å²) in [5.41, 5.74) is 4.00. The van der Waals surface area contributed by atoms with Crippen molar-refractivity contribution in [3.05, 3.63) is 95.8 Å². The van der Waals surface area contributed by atoms with Crippen LogP contribution in [0.2, 0.25) is 0 Å². The van der Waals surface area contributed by atoms with Gasteiger partial charge in [-0.1, -0.05) is 86.6 Å². The molecule has 0 spiro atoms. The van der Waals surface area contributed by atoms with E-state index in [4.69, 9.17) is 10.1 Å². The van der Waals surface area contributed by atoms with Crippen LogP contribution in [0.4, 0.5) is 0 Å². The molecule has 0 fully saturated rings. The summed E-state index contributed by atoms with van der Waals surface area (Å²) < 4.78 is 1.98. The average molecular weight is 412 g/mol. The van der Waals surface area contributed by atoms with E-state index >= 15 is 0 Å². The second-order valence-corrected chi connectivity index (χ2v) is 7.67. The smallest absolute Gasteiger partial charge is 0.336 e. The highest BCUT2D eigenvalue weighted by molar-refractivity contribution is 5.95. The van der Waals surface area contributed by atoms with E-state index in [9.17, 15) is 9.90 Å². The SMILES string of the molecule is CCC(C)c1nc(-c2ccccc2)nn1Cc1ccc(-c2ccccc2C(=O)O)cc1. The Morgan fingerprint density at radius 2 is 1.61 bits per heavy atom. The van der Waals surface area contributed by atoms with E-state index in [2.05, 4.69) is 13.8 Å². The molecular weight excluding hydrogens is 386 g/mol. The molecule has 5 heteroatoms. The van der Waals surface area contributed by atoms with Crippen molar-refractivity contribution < 1.29 is 9.90 Å². The van der Waals surface area contributed by atoms with Gasteiger partial charge in [-0.3, -0.25) is 0 Å². The van der Waals surface area contributed by atoms with Crippen LogP contribution >= 0.6 is 0 Å². The Morgan fingerprint density at radius 3 is 2.29 bits per heavy atom. The zero-order valence-electron chi connectivity index (χ0n) is 17.7. The minimum Gasteiger partial charge on any atom is -0.478 e. The molecule has 1 atom stereocenters. The van der Waals surface area contributed by atoms with E-state index in [1.54, 1.807) is 12.1 Å². The summed E-state index contributed by atoms with van der Waals surface area (Å²) in [4.78, 5) is 16.4. The van der Waals surface area contributed by atoms with Gasteiger partial charge in [-0.2, -0.15) is 5.10 Å². The Hall–Kier alpha value is -3.73. The molecule has 1 aromatic heterocycles. The van der Waals surface area contributed by atoms with Gasteiger partial charge in [0.05, 0.1) is 12.1 Å². The molecule has 3 aromatic carbocycles. The van der Waals surface area contributed by atoms with Crippen LogP contribution in [0, 0.1) is 0 Å². The highest BCUT2D eigenvalue weighted by Crippen LogP contribution is 2.26. The molecule has 0 aliphatic heterocycles. The lowest BCUT2D eigenvalue weighted by molar-refractivity contribution is 0.0697. The number of carboxylic acid groups (broad SMARTS) is 1. The zero-order chi connectivity index (χ0) is 21.8. The number of hydrogen-bond acceptors (Lipinski definition) is 3. The number of carbonyl (C=O) groups is 1. The first-order valence-electron chi connectivity index (χ1n) is 10.5. The number of benzene rings is 3. The predicted molar refractivity (Wildman–Crippen MR) is 122 cm³/mol. The number of nitrogens with zero attached hydrogens (tertiary/aromatic N) is 3. The second kappa shape index (κ2) is 8.96. The summed E-state index contributed by atoms with van der Waals surface area (Å²) in [7, 11) is 0. The monoisotopic (exact) mass is 411 g/mol. The molecule has 4 rings (SSSR count). The first kappa shape index (κ1) is 20.5. The van der Waals surface area contributed by atoms with Gasteiger partial charge in [0.25, 0.3) is 0 Å². The van der Waals surface area contributed by atoms with Crippen molar-refractivity contribution >= 4 is 5.97 Å². The largest absolute Gasteiger partial charge is 0.478 e. The van der Waals surface area contributed by atoms with Crippen molar-refractivity contribution in [2.24, 2.45) is 0 Å². The molecular formula is C26H25N3O2.